The summed E-state index contributed by atoms with van der Waals surface area (Å²) in [5.74, 6) is -3.03. The lowest BCUT2D eigenvalue weighted by atomic mass is 9.92. The number of nitrogens with zero attached hydrogens (tertiary/aromatic N) is 1. The van der Waals surface area contributed by atoms with E-state index in [1.54, 1.807) is 7.05 Å². The summed E-state index contributed by atoms with van der Waals surface area (Å²) in [5.41, 5.74) is 0. The molecule has 13 heavy (non-hydrogen) atoms. The van der Waals surface area contributed by atoms with Crippen LogP contribution >= 0.6 is 0 Å². The molecule has 0 amide bonds. The molecule has 4 heteroatoms. The normalized spacial score (nSPS) is 26.3. The maximum absolute atomic E-state index is 13.4. The van der Waals surface area contributed by atoms with Crippen molar-refractivity contribution in [3.8, 4) is 0 Å². The molecular formula is C9H18F2N2. The second-order valence-electron chi connectivity index (χ2n) is 3.89. The molecule has 1 atom stereocenters. The van der Waals surface area contributed by atoms with Gasteiger partial charge in [-0.1, -0.05) is 0 Å². The summed E-state index contributed by atoms with van der Waals surface area (Å²) in [6.45, 7) is 1.27. The van der Waals surface area contributed by atoms with E-state index in [2.05, 4.69) is 5.32 Å². The molecule has 78 valence electrons. The van der Waals surface area contributed by atoms with Crippen molar-refractivity contribution in [2.24, 2.45) is 5.92 Å². The molecule has 2 nitrogen and oxygen atoms in total. The Bertz CT molecular complexity index is 162. The first-order chi connectivity index (χ1) is 6.06. The summed E-state index contributed by atoms with van der Waals surface area (Å²) in [4.78, 5) is 1.98. The quantitative estimate of drug-likeness (QED) is 0.722. The Morgan fingerprint density at radius 1 is 1.54 bits per heavy atom. The Balaban J connectivity index is 2.48. The average Bonchev–Trinajstić information content (AvgIpc) is 2.04. The number of likely N-dealkylation sites (tertiary alicyclic amines) is 1. The van der Waals surface area contributed by atoms with Gasteiger partial charge in [0.1, 0.15) is 0 Å². The van der Waals surface area contributed by atoms with Crippen molar-refractivity contribution in [2.45, 2.75) is 18.8 Å². The van der Waals surface area contributed by atoms with Crippen LogP contribution in [0.5, 0.6) is 0 Å². The van der Waals surface area contributed by atoms with Gasteiger partial charge in [-0.15, -0.1) is 0 Å². The fourth-order valence-electron chi connectivity index (χ4n) is 1.89. The van der Waals surface area contributed by atoms with Crippen LogP contribution in [-0.2, 0) is 0 Å². The van der Waals surface area contributed by atoms with Gasteiger partial charge in [-0.25, -0.2) is 8.78 Å². The molecule has 1 rings (SSSR count). The van der Waals surface area contributed by atoms with E-state index < -0.39 is 11.8 Å². The van der Waals surface area contributed by atoms with Crippen LogP contribution in [-0.4, -0.2) is 44.6 Å². The predicted octanol–water partition coefficient (Wildman–Crippen LogP) is 1.18. The largest absolute Gasteiger partial charge is 0.314 e. The molecule has 1 fully saturated rings. The highest BCUT2D eigenvalue weighted by Gasteiger charge is 2.40. The van der Waals surface area contributed by atoms with E-state index in [0.29, 0.717) is 13.0 Å². The van der Waals surface area contributed by atoms with Gasteiger partial charge in [-0.2, -0.15) is 0 Å². The zero-order chi connectivity index (χ0) is 9.90. The molecule has 1 N–H and O–H groups in total. The van der Waals surface area contributed by atoms with E-state index in [0.717, 1.165) is 13.0 Å². The molecule has 0 saturated carbocycles. The van der Waals surface area contributed by atoms with Gasteiger partial charge < -0.3 is 10.2 Å². The average molecular weight is 192 g/mol. The fraction of sp³-hybridized carbons (Fsp3) is 1.00. The van der Waals surface area contributed by atoms with Crippen molar-refractivity contribution >= 4 is 0 Å². The van der Waals surface area contributed by atoms with Crippen LogP contribution in [0.3, 0.4) is 0 Å². The van der Waals surface area contributed by atoms with Crippen molar-refractivity contribution in [1.82, 2.24) is 10.2 Å². The van der Waals surface area contributed by atoms with Gasteiger partial charge in [0.25, 0.3) is 5.92 Å². The fourth-order valence-corrected chi connectivity index (χ4v) is 1.89. The molecular weight excluding hydrogens is 174 g/mol. The monoisotopic (exact) mass is 192 g/mol. The number of piperidine rings is 1. The number of alkyl halides is 2. The molecule has 0 aromatic carbocycles. The number of nitrogens with one attached hydrogen (secondary N) is 1. The summed E-state index contributed by atoms with van der Waals surface area (Å²) in [7, 11) is 3.47. The van der Waals surface area contributed by atoms with E-state index in [1.165, 1.54) is 0 Å². The zero-order valence-corrected chi connectivity index (χ0v) is 8.32. The van der Waals surface area contributed by atoms with Crippen LogP contribution in [0.25, 0.3) is 0 Å². The second kappa shape index (κ2) is 4.33. The van der Waals surface area contributed by atoms with E-state index in [9.17, 15) is 8.78 Å². The summed E-state index contributed by atoms with van der Waals surface area (Å²) in [6.07, 6.45) is 1.54. The van der Waals surface area contributed by atoms with E-state index in [4.69, 9.17) is 0 Å². The van der Waals surface area contributed by atoms with Crippen LogP contribution in [0.15, 0.2) is 0 Å². The van der Waals surface area contributed by atoms with Gasteiger partial charge in [-0.3, -0.25) is 0 Å². The molecule has 1 aliphatic rings. The smallest absolute Gasteiger partial charge is 0.264 e. The highest BCUT2D eigenvalue weighted by Crippen LogP contribution is 2.30. The molecule has 1 saturated heterocycles. The Kier molecular flexibility index (Phi) is 3.62. The first-order valence-corrected chi connectivity index (χ1v) is 4.77. The third kappa shape index (κ3) is 2.88. The Labute approximate surface area is 78.3 Å². The molecule has 0 aliphatic carbocycles. The SMILES string of the molecule is CNCC(F)(F)C1CCCN(C)C1. The number of halogens is 2. The summed E-state index contributed by atoms with van der Waals surface area (Å²) in [6, 6.07) is 0. The van der Waals surface area contributed by atoms with Crippen molar-refractivity contribution < 1.29 is 8.78 Å². The number of hydrogen-bond acceptors (Lipinski definition) is 2. The molecule has 0 aromatic rings. The third-order valence-electron chi connectivity index (χ3n) is 2.63. The van der Waals surface area contributed by atoms with E-state index in [1.807, 2.05) is 11.9 Å². The molecule has 1 heterocycles. The second-order valence-corrected chi connectivity index (χ2v) is 3.89. The lowest BCUT2D eigenvalue weighted by Crippen LogP contribution is -2.46. The Hall–Kier alpha value is -0.220. The Morgan fingerprint density at radius 2 is 2.23 bits per heavy atom. The van der Waals surface area contributed by atoms with Gasteiger partial charge in [0, 0.05) is 12.5 Å². The lowest BCUT2D eigenvalue weighted by molar-refractivity contribution is -0.0759. The van der Waals surface area contributed by atoms with Gasteiger partial charge in [0.2, 0.25) is 0 Å². The molecule has 0 radical (unpaired) electrons. The zero-order valence-electron chi connectivity index (χ0n) is 8.32. The van der Waals surface area contributed by atoms with Gasteiger partial charge in [0.15, 0.2) is 0 Å². The number of hydrogen-bond donors (Lipinski definition) is 1. The third-order valence-corrected chi connectivity index (χ3v) is 2.63. The standard InChI is InChI=1S/C9H18F2N2/c1-12-7-9(10,11)8-4-3-5-13(2)6-8/h8,12H,3-7H2,1-2H3. The highest BCUT2D eigenvalue weighted by molar-refractivity contribution is 4.83. The van der Waals surface area contributed by atoms with Gasteiger partial charge in [-0.05, 0) is 33.5 Å². The predicted molar refractivity (Wildman–Crippen MR) is 49.1 cm³/mol. The van der Waals surface area contributed by atoms with Crippen molar-refractivity contribution in [3.63, 3.8) is 0 Å². The van der Waals surface area contributed by atoms with Crippen LogP contribution in [0, 0.1) is 5.92 Å². The molecule has 0 aromatic heterocycles. The van der Waals surface area contributed by atoms with Crippen LogP contribution < -0.4 is 5.32 Å². The maximum atomic E-state index is 13.4. The van der Waals surface area contributed by atoms with Gasteiger partial charge >= 0.3 is 0 Å². The topological polar surface area (TPSA) is 15.3 Å². The van der Waals surface area contributed by atoms with E-state index in [-0.39, 0.29) is 6.54 Å². The van der Waals surface area contributed by atoms with Crippen molar-refractivity contribution in [2.75, 3.05) is 33.7 Å². The van der Waals surface area contributed by atoms with Crippen LogP contribution in [0.1, 0.15) is 12.8 Å². The summed E-state index contributed by atoms with van der Waals surface area (Å²) < 4.78 is 26.8. The van der Waals surface area contributed by atoms with E-state index >= 15 is 0 Å². The first kappa shape index (κ1) is 10.9. The Morgan fingerprint density at radius 3 is 2.77 bits per heavy atom. The lowest BCUT2D eigenvalue weighted by Gasteiger charge is -2.34. The van der Waals surface area contributed by atoms with Crippen molar-refractivity contribution in [1.29, 1.82) is 0 Å². The maximum Gasteiger partial charge on any atom is 0.264 e. The summed E-state index contributed by atoms with van der Waals surface area (Å²) in [5, 5.41) is 2.55. The van der Waals surface area contributed by atoms with Gasteiger partial charge in [0.05, 0.1) is 6.54 Å². The highest BCUT2D eigenvalue weighted by atomic mass is 19.3. The molecule has 1 aliphatic heterocycles. The minimum absolute atomic E-state index is 0.203. The minimum Gasteiger partial charge on any atom is -0.314 e. The number of rotatable bonds is 3. The molecule has 0 bridgehead atoms. The van der Waals surface area contributed by atoms with Crippen LogP contribution in [0.4, 0.5) is 8.78 Å². The minimum atomic E-state index is -2.55. The van der Waals surface area contributed by atoms with Crippen molar-refractivity contribution in [3.05, 3.63) is 0 Å². The van der Waals surface area contributed by atoms with Crippen LogP contribution in [0.2, 0.25) is 0 Å². The molecule has 0 spiro atoms. The summed E-state index contributed by atoms with van der Waals surface area (Å²) >= 11 is 0. The molecule has 1 unspecified atom stereocenters. The first-order valence-electron chi connectivity index (χ1n) is 4.77.